The molecule has 5 heteroatoms. The molecule has 1 amide bonds. The molecule has 1 fully saturated rings. The lowest BCUT2D eigenvalue weighted by atomic mass is 9.93. The zero-order valence-electron chi connectivity index (χ0n) is 18.6. The van der Waals surface area contributed by atoms with E-state index in [2.05, 4.69) is 0 Å². The van der Waals surface area contributed by atoms with Gasteiger partial charge >= 0.3 is 0 Å². The van der Waals surface area contributed by atoms with Gasteiger partial charge in [-0.05, 0) is 52.6 Å². The van der Waals surface area contributed by atoms with Crippen molar-refractivity contribution in [3.63, 3.8) is 0 Å². The Balaban J connectivity index is 1.75. The number of ketones is 1. The highest BCUT2D eigenvalue weighted by Gasteiger charge is 2.47. The molecule has 1 atom stereocenters. The number of hydrogen-bond donors (Lipinski definition) is 2. The normalized spacial score (nSPS) is 17.4. The molecular formula is C29H23NO4. The number of aliphatic hydroxyl groups is 1. The molecule has 1 aliphatic rings. The summed E-state index contributed by atoms with van der Waals surface area (Å²) >= 11 is 0. The molecule has 0 bridgehead atoms. The van der Waals surface area contributed by atoms with Crippen LogP contribution in [0.3, 0.4) is 0 Å². The zero-order valence-corrected chi connectivity index (χ0v) is 18.6. The van der Waals surface area contributed by atoms with Crippen molar-refractivity contribution in [1.82, 2.24) is 0 Å². The molecule has 168 valence electrons. The van der Waals surface area contributed by atoms with Gasteiger partial charge in [-0.2, -0.15) is 0 Å². The summed E-state index contributed by atoms with van der Waals surface area (Å²) in [7, 11) is 0. The average molecular weight is 450 g/mol. The summed E-state index contributed by atoms with van der Waals surface area (Å²) in [6, 6.07) is 26.0. The van der Waals surface area contributed by atoms with Gasteiger partial charge in [-0.1, -0.05) is 73.7 Å². The number of rotatable bonds is 4. The Morgan fingerprint density at radius 1 is 0.853 bits per heavy atom. The molecule has 0 spiro atoms. The fraction of sp³-hybridized carbons (Fsp3) is 0.103. The van der Waals surface area contributed by atoms with Crippen LogP contribution in [0.1, 0.15) is 29.7 Å². The van der Waals surface area contributed by atoms with E-state index in [0.717, 1.165) is 22.8 Å². The number of aryl methyl sites for hydroxylation is 1. The summed E-state index contributed by atoms with van der Waals surface area (Å²) in [6.07, 6.45) is 0.849. The number of carbonyl (C=O) groups is 2. The van der Waals surface area contributed by atoms with Gasteiger partial charge in [0.2, 0.25) is 0 Å². The number of fused-ring (bicyclic) bond motifs is 1. The molecular weight excluding hydrogens is 426 g/mol. The number of benzene rings is 4. The summed E-state index contributed by atoms with van der Waals surface area (Å²) in [4.78, 5) is 28.1. The van der Waals surface area contributed by atoms with Crippen LogP contribution in [0.25, 0.3) is 16.5 Å². The molecule has 34 heavy (non-hydrogen) atoms. The van der Waals surface area contributed by atoms with Gasteiger partial charge in [0.15, 0.2) is 0 Å². The summed E-state index contributed by atoms with van der Waals surface area (Å²) in [5, 5.41) is 23.0. The molecule has 1 aliphatic heterocycles. The molecule has 1 heterocycles. The van der Waals surface area contributed by atoms with E-state index in [0.29, 0.717) is 16.8 Å². The molecule has 0 aliphatic carbocycles. The standard InChI is InChI=1S/C29H23NO4/c1-2-18-10-14-21(15-11-18)30-26(20-12-16-22(31)17-13-20)25(28(33)29(30)34)27(32)24-9-5-7-19-6-3-4-8-23(19)24/h3-17,26,31-32H,2H2,1H3/b27-25-. The highest BCUT2D eigenvalue weighted by Crippen LogP contribution is 2.43. The van der Waals surface area contributed by atoms with Gasteiger partial charge in [0.05, 0.1) is 11.6 Å². The van der Waals surface area contributed by atoms with Crippen LogP contribution in [0.15, 0.2) is 96.6 Å². The summed E-state index contributed by atoms with van der Waals surface area (Å²) < 4.78 is 0. The Morgan fingerprint density at radius 2 is 1.53 bits per heavy atom. The van der Waals surface area contributed by atoms with E-state index in [1.165, 1.54) is 17.0 Å². The third-order valence-electron chi connectivity index (χ3n) is 6.32. The van der Waals surface area contributed by atoms with Crippen LogP contribution in [0, 0.1) is 0 Å². The van der Waals surface area contributed by atoms with Crippen molar-refractivity contribution in [3.8, 4) is 5.75 Å². The monoisotopic (exact) mass is 449 g/mol. The lowest BCUT2D eigenvalue weighted by molar-refractivity contribution is -0.132. The van der Waals surface area contributed by atoms with Gasteiger partial charge < -0.3 is 10.2 Å². The summed E-state index contributed by atoms with van der Waals surface area (Å²) in [5.41, 5.74) is 2.79. The Bertz CT molecular complexity index is 1430. The number of nitrogens with zero attached hydrogens (tertiary/aromatic N) is 1. The predicted molar refractivity (Wildman–Crippen MR) is 133 cm³/mol. The van der Waals surface area contributed by atoms with E-state index in [4.69, 9.17) is 0 Å². The van der Waals surface area contributed by atoms with E-state index in [1.807, 2.05) is 67.6 Å². The van der Waals surface area contributed by atoms with Crippen LogP contribution in [0.5, 0.6) is 5.75 Å². The number of anilines is 1. The Hall–Kier alpha value is -4.38. The van der Waals surface area contributed by atoms with E-state index in [-0.39, 0.29) is 17.1 Å². The first-order valence-electron chi connectivity index (χ1n) is 11.2. The number of aromatic hydroxyl groups is 1. The number of amides is 1. The second kappa shape index (κ2) is 8.52. The minimum absolute atomic E-state index is 0.0200. The maximum absolute atomic E-state index is 13.4. The van der Waals surface area contributed by atoms with Gasteiger partial charge in [-0.25, -0.2) is 0 Å². The Morgan fingerprint density at radius 3 is 2.24 bits per heavy atom. The molecule has 0 radical (unpaired) electrons. The Labute approximate surface area is 197 Å². The van der Waals surface area contributed by atoms with Gasteiger partial charge in [-0.3, -0.25) is 14.5 Å². The largest absolute Gasteiger partial charge is 0.508 e. The van der Waals surface area contributed by atoms with Crippen molar-refractivity contribution in [2.45, 2.75) is 19.4 Å². The SMILES string of the molecule is CCc1ccc(N2C(=O)C(=O)/C(=C(\O)c3cccc4ccccc34)C2c2ccc(O)cc2)cc1. The zero-order chi connectivity index (χ0) is 23.8. The van der Waals surface area contributed by atoms with Crippen molar-refractivity contribution in [3.05, 3.63) is 113 Å². The van der Waals surface area contributed by atoms with Crippen LogP contribution in [0.4, 0.5) is 5.69 Å². The van der Waals surface area contributed by atoms with Gasteiger partial charge in [0, 0.05) is 11.3 Å². The van der Waals surface area contributed by atoms with Crippen LogP contribution in [-0.4, -0.2) is 21.9 Å². The minimum Gasteiger partial charge on any atom is -0.508 e. The molecule has 4 aromatic rings. The van der Waals surface area contributed by atoms with Gasteiger partial charge in [0.25, 0.3) is 11.7 Å². The minimum atomic E-state index is -0.841. The van der Waals surface area contributed by atoms with E-state index in [1.54, 1.807) is 18.2 Å². The molecule has 0 saturated carbocycles. The van der Waals surface area contributed by atoms with Crippen molar-refractivity contribution in [2.24, 2.45) is 0 Å². The van der Waals surface area contributed by atoms with Crippen molar-refractivity contribution in [2.75, 3.05) is 4.90 Å². The number of phenolic OH excluding ortho intramolecular Hbond substituents is 1. The third-order valence-corrected chi connectivity index (χ3v) is 6.32. The van der Waals surface area contributed by atoms with E-state index < -0.39 is 17.7 Å². The molecule has 1 unspecified atom stereocenters. The number of phenols is 1. The van der Waals surface area contributed by atoms with E-state index in [9.17, 15) is 19.8 Å². The Kier molecular flexibility index (Phi) is 5.38. The number of carbonyl (C=O) groups excluding carboxylic acids is 2. The maximum Gasteiger partial charge on any atom is 0.300 e. The fourth-order valence-electron chi connectivity index (χ4n) is 4.54. The van der Waals surface area contributed by atoms with Crippen LogP contribution in [0.2, 0.25) is 0 Å². The molecule has 2 N–H and O–H groups in total. The van der Waals surface area contributed by atoms with Crippen LogP contribution >= 0.6 is 0 Å². The van der Waals surface area contributed by atoms with E-state index >= 15 is 0 Å². The molecule has 5 rings (SSSR count). The highest BCUT2D eigenvalue weighted by atomic mass is 16.3. The first-order chi connectivity index (χ1) is 16.5. The van der Waals surface area contributed by atoms with Gasteiger partial charge in [-0.15, -0.1) is 0 Å². The molecule has 0 aromatic heterocycles. The topological polar surface area (TPSA) is 77.8 Å². The highest BCUT2D eigenvalue weighted by molar-refractivity contribution is 6.51. The first kappa shape index (κ1) is 21.5. The van der Waals surface area contributed by atoms with Crippen LogP contribution < -0.4 is 4.90 Å². The number of aliphatic hydroxyl groups excluding tert-OH is 1. The predicted octanol–water partition coefficient (Wildman–Crippen LogP) is 5.73. The molecule has 5 nitrogen and oxygen atoms in total. The smallest absolute Gasteiger partial charge is 0.300 e. The third kappa shape index (κ3) is 3.52. The first-order valence-corrected chi connectivity index (χ1v) is 11.2. The molecule has 4 aromatic carbocycles. The average Bonchev–Trinajstić information content (AvgIpc) is 3.14. The molecule has 1 saturated heterocycles. The second-order valence-electron chi connectivity index (χ2n) is 8.31. The second-order valence-corrected chi connectivity index (χ2v) is 8.31. The maximum atomic E-state index is 13.4. The van der Waals surface area contributed by atoms with Crippen molar-refractivity contribution in [1.29, 1.82) is 0 Å². The van der Waals surface area contributed by atoms with Crippen LogP contribution in [-0.2, 0) is 16.0 Å². The lowest BCUT2D eigenvalue weighted by Gasteiger charge is -2.25. The number of hydrogen-bond acceptors (Lipinski definition) is 4. The number of Topliss-reactive ketones (excluding diaryl/α,β-unsaturated/α-hetero) is 1. The quantitative estimate of drug-likeness (QED) is 0.237. The van der Waals surface area contributed by atoms with Crippen molar-refractivity contribution >= 4 is 33.9 Å². The lowest BCUT2D eigenvalue weighted by Crippen LogP contribution is -2.29. The summed E-state index contributed by atoms with van der Waals surface area (Å²) in [6.45, 7) is 2.04. The van der Waals surface area contributed by atoms with Crippen molar-refractivity contribution < 1.29 is 19.8 Å². The fourth-order valence-corrected chi connectivity index (χ4v) is 4.54. The summed E-state index contributed by atoms with van der Waals surface area (Å²) in [5.74, 6) is -1.60. The van der Waals surface area contributed by atoms with Gasteiger partial charge in [0.1, 0.15) is 11.5 Å².